The van der Waals surface area contributed by atoms with Crippen molar-refractivity contribution in [1.29, 1.82) is 0 Å². The van der Waals surface area contributed by atoms with E-state index in [0.717, 1.165) is 13.1 Å². The van der Waals surface area contributed by atoms with E-state index in [-0.39, 0.29) is 11.9 Å². The van der Waals surface area contributed by atoms with Crippen LogP contribution in [0.15, 0.2) is 18.2 Å². The standard InChI is InChI=1S/C13H20ClFN2O/c1-10(8-16-5-6-18-2)17-9-11-3-4-12(14)7-13(11)15/h3-4,7,10,16-17H,5-6,8-9H2,1-2H3. The molecule has 0 spiro atoms. The summed E-state index contributed by atoms with van der Waals surface area (Å²) in [5.41, 5.74) is 0.628. The number of hydrogen-bond donors (Lipinski definition) is 2. The zero-order valence-corrected chi connectivity index (χ0v) is 11.6. The SMILES string of the molecule is COCCNCC(C)NCc1ccc(Cl)cc1F. The maximum absolute atomic E-state index is 13.5. The average Bonchev–Trinajstić information content (AvgIpc) is 2.33. The van der Waals surface area contributed by atoms with E-state index in [0.29, 0.717) is 23.7 Å². The lowest BCUT2D eigenvalue weighted by atomic mass is 10.2. The van der Waals surface area contributed by atoms with Crippen LogP contribution in [0.5, 0.6) is 0 Å². The van der Waals surface area contributed by atoms with E-state index in [2.05, 4.69) is 10.6 Å². The Labute approximate surface area is 113 Å². The van der Waals surface area contributed by atoms with Crippen molar-refractivity contribution in [3.05, 3.63) is 34.6 Å². The van der Waals surface area contributed by atoms with Crippen LogP contribution >= 0.6 is 11.6 Å². The molecule has 0 fully saturated rings. The molecule has 1 rings (SSSR count). The topological polar surface area (TPSA) is 33.3 Å². The van der Waals surface area contributed by atoms with Gasteiger partial charge < -0.3 is 15.4 Å². The predicted molar refractivity (Wildman–Crippen MR) is 72.5 cm³/mol. The van der Waals surface area contributed by atoms with Crippen molar-refractivity contribution in [2.24, 2.45) is 0 Å². The van der Waals surface area contributed by atoms with E-state index in [1.165, 1.54) is 6.07 Å². The molecular weight excluding hydrogens is 255 g/mol. The van der Waals surface area contributed by atoms with Crippen LogP contribution in [-0.2, 0) is 11.3 Å². The minimum Gasteiger partial charge on any atom is -0.383 e. The van der Waals surface area contributed by atoms with E-state index in [1.807, 2.05) is 6.92 Å². The zero-order chi connectivity index (χ0) is 13.4. The fraction of sp³-hybridized carbons (Fsp3) is 0.538. The second-order valence-corrected chi connectivity index (χ2v) is 4.65. The Morgan fingerprint density at radius 3 is 2.89 bits per heavy atom. The number of benzene rings is 1. The molecule has 1 unspecified atom stereocenters. The molecule has 18 heavy (non-hydrogen) atoms. The van der Waals surface area contributed by atoms with Gasteiger partial charge in [0.15, 0.2) is 0 Å². The van der Waals surface area contributed by atoms with E-state index in [9.17, 15) is 4.39 Å². The number of nitrogens with one attached hydrogen (secondary N) is 2. The third kappa shape index (κ3) is 5.78. The Hall–Kier alpha value is -0.680. The molecular formula is C13H20ClFN2O. The van der Waals surface area contributed by atoms with Crippen molar-refractivity contribution in [3.8, 4) is 0 Å². The van der Waals surface area contributed by atoms with E-state index < -0.39 is 0 Å². The van der Waals surface area contributed by atoms with Crippen LogP contribution in [0.4, 0.5) is 4.39 Å². The smallest absolute Gasteiger partial charge is 0.129 e. The number of ether oxygens (including phenoxy) is 1. The fourth-order valence-electron chi connectivity index (χ4n) is 1.51. The van der Waals surface area contributed by atoms with Gasteiger partial charge in [0.2, 0.25) is 0 Å². The molecule has 1 atom stereocenters. The largest absolute Gasteiger partial charge is 0.383 e. The monoisotopic (exact) mass is 274 g/mol. The fourth-order valence-corrected chi connectivity index (χ4v) is 1.67. The molecule has 0 saturated carbocycles. The van der Waals surface area contributed by atoms with Crippen LogP contribution in [0.25, 0.3) is 0 Å². The number of rotatable bonds is 8. The summed E-state index contributed by atoms with van der Waals surface area (Å²) in [6, 6.07) is 5.00. The van der Waals surface area contributed by atoms with Gasteiger partial charge in [0.05, 0.1) is 6.61 Å². The third-order valence-corrected chi connectivity index (χ3v) is 2.82. The second kappa shape index (κ2) is 8.43. The summed E-state index contributed by atoms with van der Waals surface area (Å²) in [5.74, 6) is -0.269. The molecule has 1 aromatic rings. The van der Waals surface area contributed by atoms with Gasteiger partial charge in [0.25, 0.3) is 0 Å². The molecule has 5 heteroatoms. The highest BCUT2D eigenvalue weighted by Crippen LogP contribution is 2.14. The van der Waals surface area contributed by atoms with Crippen molar-refractivity contribution in [3.63, 3.8) is 0 Å². The summed E-state index contributed by atoms with van der Waals surface area (Å²) >= 11 is 5.70. The summed E-state index contributed by atoms with van der Waals surface area (Å²) in [5, 5.41) is 6.92. The molecule has 0 aromatic heterocycles. The van der Waals surface area contributed by atoms with Crippen molar-refractivity contribution in [2.75, 3.05) is 26.8 Å². The Balaban J connectivity index is 2.27. The summed E-state index contributed by atoms with van der Waals surface area (Å²) in [4.78, 5) is 0. The van der Waals surface area contributed by atoms with Gasteiger partial charge in [-0.2, -0.15) is 0 Å². The maximum Gasteiger partial charge on any atom is 0.129 e. The number of methoxy groups -OCH3 is 1. The van der Waals surface area contributed by atoms with Gasteiger partial charge in [-0.1, -0.05) is 17.7 Å². The van der Waals surface area contributed by atoms with Gasteiger partial charge in [0.1, 0.15) is 5.82 Å². The molecule has 0 radical (unpaired) electrons. The summed E-state index contributed by atoms with van der Waals surface area (Å²) in [6.07, 6.45) is 0. The van der Waals surface area contributed by atoms with Crippen LogP contribution in [0, 0.1) is 5.82 Å². The number of halogens is 2. The van der Waals surface area contributed by atoms with Gasteiger partial charge in [-0.15, -0.1) is 0 Å². The molecule has 0 heterocycles. The van der Waals surface area contributed by atoms with Crippen LogP contribution in [0.2, 0.25) is 5.02 Å². The van der Waals surface area contributed by atoms with Crippen LogP contribution in [0.1, 0.15) is 12.5 Å². The van der Waals surface area contributed by atoms with Gasteiger partial charge in [-0.05, 0) is 19.1 Å². The quantitative estimate of drug-likeness (QED) is 0.713. The van der Waals surface area contributed by atoms with E-state index >= 15 is 0 Å². The highest BCUT2D eigenvalue weighted by Gasteiger charge is 2.05. The maximum atomic E-state index is 13.5. The molecule has 3 nitrogen and oxygen atoms in total. The Bertz CT molecular complexity index is 363. The highest BCUT2D eigenvalue weighted by molar-refractivity contribution is 6.30. The first-order valence-corrected chi connectivity index (χ1v) is 6.38. The van der Waals surface area contributed by atoms with Crippen molar-refractivity contribution in [1.82, 2.24) is 10.6 Å². The minimum atomic E-state index is -0.269. The number of hydrogen-bond acceptors (Lipinski definition) is 3. The molecule has 0 saturated heterocycles. The van der Waals surface area contributed by atoms with Crippen LogP contribution in [0.3, 0.4) is 0 Å². The average molecular weight is 275 g/mol. The Morgan fingerprint density at radius 1 is 1.44 bits per heavy atom. The lowest BCUT2D eigenvalue weighted by Crippen LogP contribution is -2.37. The summed E-state index contributed by atoms with van der Waals surface area (Å²) in [7, 11) is 1.67. The van der Waals surface area contributed by atoms with Crippen molar-refractivity contribution < 1.29 is 9.13 Å². The lowest BCUT2D eigenvalue weighted by Gasteiger charge is -2.15. The van der Waals surface area contributed by atoms with Gasteiger partial charge in [-0.25, -0.2) is 4.39 Å². The molecule has 0 aliphatic rings. The second-order valence-electron chi connectivity index (χ2n) is 4.21. The summed E-state index contributed by atoms with van der Waals surface area (Å²) < 4.78 is 18.4. The van der Waals surface area contributed by atoms with Crippen molar-refractivity contribution >= 4 is 11.6 Å². The van der Waals surface area contributed by atoms with Crippen LogP contribution in [-0.4, -0.2) is 32.8 Å². The van der Waals surface area contributed by atoms with Crippen LogP contribution < -0.4 is 10.6 Å². The first-order chi connectivity index (χ1) is 8.63. The van der Waals surface area contributed by atoms with Gasteiger partial charge in [-0.3, -0.25) is 0 Å². The normalized spacial score (nSPS) is 12.7. The highest BCUT2D eigenvalue weighted by atomic mass is 35.5. The molecule has 102 valence electrons. The zero-order valence-electron chi connectivity index (χ0n) is 10.8. The predicted octanol–water partition coefficient (Wildman–Crippen LogP) is 2.19. The first-order valence-electron chi connectivity index (χ1n) is 6.00. The Kier molecular flexibility index (Phi) is 7.20. The minimum absolute atomic E-state index is 0.261. The molecule has 0 amide bonds. The molecule has 0 aliphatic heterocycles. The molecule has 0 bridgehead atoms. The van der Waals surface area contributed by atoms with E-state index in [1.54, 1.807) is 19.2 Å². The Morgan fingerprint density at radius 2 is 2.22 bits per heavy atom. The third-order valence-electron chi connectivity index (χ3n) is 2.59. The summed E-state index contributed by atoms with van der Waals surface area (Å²) in [6.45, 7) is 4.87. The van der Waals surface area contributed by atoms with Gasteiger partial charge in [0, 0.05) is 43.4 Å². The molecule has 0 aliphatic carbocycles. The lowest BCUT2D eigenvalue weighted by molar-refractivity contribution is 0.198. The van der Waals surface area contributed by atoms with E-state index in [4.69, 9.17) is 16.3 Å². The van der Waals surface area contributed by atoms with Gasteiger partial charge >= 0.3 is 0 Å². The molecule has 2 N–H and O–H groups in total. The van der Waals surface area contributed by atoms with Crippen molar-refractivity contribution in [2.45, 2.75) is 19.5 Å². The first kappa shape index (κ1) is 15.4. The molecule has 1 aromatic carbocycles.